The van der Waals surface area contributed by atoms with Gasteiger partial charge in [-0.3, -0.25) is 4.90 Å². The van der Waals surface area contributed by atoms with Gasteiger partial charge in [0.25, 0.3) is 0 Å². The summed E-state index contributed by atoms with van der Waals surface area (Å²) in [6.07, 6.45) is 1.12. The van der Waals surface area contributed by atoms with Crippen molar-refractivity contribution in [3.05, 3.63) is 35.4 Å². The Morgan fingerprint density at radius 1 is 1.12 bits per heavy atom. The van der Waals surface area contributed by atoms with Crippen molar-refractivity contribution in [1.82, 2.24) is 4.90 Å². The summed E-state index contributed by atoms with van der Waals surface area (Å²) in [7, 11) is 0. The normalized spacial score (nSPS) is 11.4. The molecule has 16 heavy (non-hydrogen) atoms. The van der Waals surface area contributed by atoms with Gasteiger partial charge < -0.3 is 0 Å². The molecule has 0 amide bonds. The highest BCUT2D eigenvalue weighted by Crippen LogP contribution is 2.10. The molecule has 0 heterocycles. The molecular weight excluding hydrogens is 262 g/mol. The summed E-state index contributed by atoms with van der Waals surface area (Å²) in [5.41, 5.74) is 2.83. The lowest BCUT2D eigenvalue weighted by atomic mass is 10.1. The van der Waals surface area contributed by atoms with Crippen LogP contribution in [0.2, 0.25) is 0 Å². The van der Waals surface area contributed by atoms with E-state index in [0.717, 1.165) is 24.8 Å². The number of hydrogen-bond donors (Lipinski definition) is 0. The smallest absolute Gasteiger partial charge is 0.0236 e. The monoisotopic (exact) mass is 283 g/mol. The van der Waals surface area contributed by atoms with Gasteiger partial charge in [0.05, 0.1) is 0 Å². The van der Waals surface area contributed by atoms with Gasteiger partial charge in [0.1, 0.15) is 0 Å². The molecule has 0 fully saturated rings. The molecule has 0 unspecified atom stereocenters. The van der Waals surface area contributed by atoms with Crippen LogP contribution in [0.15, 0.2) is 24.3 Å². The Morgan fingerprint density at radius 2 is 1.69 bits per heavy atom. The highest BCUT2D eigenvalue weighted by molar-refractivity contribution is 9.09. The van der Waals surface area contributed by atoms with E-state index in [9.17, 15) is 0 Å². The highest BCUT2D eigenvalue weighted by Gasteiger charge is 2.08. The predicted octanol–water partition coefficient (Wildman–Crippen LogP) is 3.85. The Bertz CT molecular complexity index is 292. The average Bonchev–Trinajstić information content (AvgIpc) is 2.29. The van der Waals surface area contributed by atoms with Gasteiger partial charge in [-0.1, -0.05) is 47.1 Å². The molecule has 0 aliphatic heterocycles. The fraction of sp³-hybridized carbons (Fsp3) is 0.571. The van der Waals surface area contributed by atoms with Crippen LogP contribution in [0.5, 0.6) is 0 Å². The van der Waals surface area contributed by atoms with E-state index >= 15 is 0 Å². The van der Waals surface area contributed by atoms with Crippen molar-refractivity contribution < 1.29 is 0 Å². The van der Waals surface area contributed by atoms with Gasteiger partial charge in [-0.25, -0.2) is 0 Å². The molecule has 1 nitrogen and oxygen atoms in total. The molecule has 0 bridgehead atoms. The van der Waals surface area contributed by atoms with Crippen molar-refractivity contribution in [1.29, 1.82) is 0 Å². The average molecular weight is 284 g/mol. The summed E-state index contributed by atoms with van der Waals surface area (Å²) in [6.45, 7) is 8.85. The molecule has 90 valence electrons. The molecule has 0 spiro atoms. The maximum Gasteiger partial charge on any atom is 0.0236 e. The summed E-state index contributed by atoms with van der Waals surface area (Å²) < 4.78 is 0. The quantitative estimate of drug-likeness (QED) is 0.717. The number of hydrogen-bond acceptors (Lipinski definition) is 1. The molecule has 0 saturated carbocycles. The molecule has 1 rings (SSSR count). The van der Waals surface area contributed by atoms with E-state index in [-0.39, 0.29) is 0 Å². The number of alkyl halides is 1. The maximum atomic E-state index is 3.51. The molecule has 1 aromatic rings. The second-order valence-corrected chi connectivity index (χ2v) is 5.22. The first-order valence-electron chi connectivity index (χ1n) is 6.05. The Kier molecular flexibility index (Phi) is 6.07. The lowest BCUT2D eigenvalue weighted by Gasteiger charge is -2.25. The van der Waals surface area contributed by atoms with Gasteiger partial charge in [-0.2, -0.15) is 0 Å². The predicted molar refractivity (Wildman–Crippen MR) is 75.2 cm³/mol. The summed E-state index contributed by atoms with van der Waals surface area (Å²) in [6, 6.07) is 9.58. The van der Waals surface area contributed by atoms with E-state index in [0.29, 0.717) is 6.04 Å². The van der Waals surface area contributed by atoms with Crippen molar-refractivity contribution in [2.24, 2.45) is 0 Å². The van der Waals surface area contributed by atoms with Crippen molar-refractivity contribution >= 4 is 15.9 Å². The van der Waals surface area contributed by atoms with Crippen LogP contribution in [0.4, 0.5) is 0 Å². The van der Waals surface area contributed by atoms with Crippen molar-refractivity contribution in [3.63, 3.8) is 0 Å². The molecule has 0 aromatic heterocycles. The number of aryl methyl sites for hydroxylation is 1. The van der Waals surface area contributed by atoms with E-state index < -0.39 is 0 Å². The number of halogens is 1. The molecule has 2 heteroatoms. The summed E-state index contributed by atoms with van der Waals surface area (Å²) in [5, 5.41) is 1.04. The van der Waals surface area contributed by atoms with Crippen LogP contribution < -0.4 is 0 Å². The van der Waals surface area contributed by atoms with Gasteiger partial charge >= 0.3 is 0 Å². The second-order valence-electron chi connectivity index (χ2n) is 4.42. The first-order valence-corrected chi connectivity index (χ1v) is 7.17. The Morgan fingerprint density at radius 3 is 2.12 bits per heavy atom. The lowest BCUT2D eigenvalue weighted by molar-refractivity contribution is 0.227. The van der Waals surface area contributed by atoms with Gasteiger partial charge in [0, 0.05) is 24.5 Å². The SMILES string of the molecule is CCc1ccc(CN(CCBr)C(C)C)cc1. The standard InChI is InChI=1S/C14H22BrN/c1-4-13-5-7-14(8-6-13)11-16(10-9-15)12(2)3/h5-8,12H,4,9-11H2,1-3H3. The summed E-state index contributed by atoms with van der Waals surface area (Å²) >= 11 is 3.51. The molecule has 0 aliphatic carbocycles. The van der Waals surface area contributed by atoms with E-state index in [4.69, 9.17) is 0 Å². The van der Waals surface area contributed by atoms with Gasteiger partial charge in [-0.05, 0) is 31.4 Å². The van der Waals surface area contributed by atoms with E-state index in [1.54, 1.807) is 0 Å². The van der Waals surface area contributed by atoms with Gasteiger partial charge in [0.2, 0.25) is 0 Å². The molecule has 0 N–H and O–H groups in total. The molecule has 0 aliphatic rings. The summed E-state index contributed by atoms with van der Waals surface area (Å²) in [4.78, 5) is 2.48. The Balaban J connectivity index is 2.62. The topological polar surface area (TPSA) is 3.24 Å². The van der Waals surface area contributed by atoms with Gasteiger partial charge in [-0.15, -0.1) is 0 Å². The minimum atomic E-state index is 0.600. The zero-order valence-electron chi connectivity index (χ0n) is 10.5. The fourth-order valence-corrected chi connectivity index (χ4v) is 2.20. The Hall–Kier alpha value is -0.340. The van der Waals surface area contributed by atoms with E-state index in [2.05, 4.69) is 65.9 Å². The van der Waals surface area contributed by atoms with E-state index in [1.165, 1.54) is 11.1 Å². The lowest BCUT2D eigenvalue weighted by Crippen LogP contribution is -2.31. The molecule has 0 atom stereocenters. The van der Waals surface area contributed by atoms with Crippen molar-refractivity contribution in [2.45, 2.75) is 39.8 Å². The first-order chi connectivity index (χ1) is 7.67. The highest BCUT2D eigenvalue weighted by atomic mass is 79.9. The third-order valence-corrected chi connectivity index (χ3v) is 3.27. The first kappa shape index (κ1) is 13.7. The van der Waals surface area contributed by atoms with Crippen LogP contribution in [0.1, 0.15) is 31.9 Å². The number of nitrogens with zero attached hydrogens (tertiary/aromatic N) is 1. The molecule has 0 saturated heterocycles. The van der Waals surface area contributed by atoms with Crippen molar-refractivity contribution in [2.75, 3.05) is 11.9 Å². The maximum absolute atomic E-state index is 3.51. The van der Waals surface area contributed by atoms with Crippen LogP contribution >= 0.6 is 15.9 Å². The van der Waals surface area contributed by atoms with Crippen molar-refractivity contribution in [3.8, 4) is 0 Å². The van der Waals surface area contributed by atoms with Crippen LogP contribution in [0.3, 0.4) is 0 Å². The van der Waals surface area contributed by atoms with Crippen LogP contribution in [0.25, 0.3) is 0 Å². The molecule has 1 aromatic carbocycles. The summed E-state index contributed by atoms with van der Waals surface area (Å²) in [5.74, 6) is 0. The van der Waals surface area contributed by atoms with Crippen LogP contribution in [0, 0.1) is 0 Å². The van der Waals surface area contributed by atoms with Crippen LogP contribution in [-0.4, -0.2) is 22.8 Å². The Labute approximate surface area is 108 Å². The minimum absolute atomic E-state index is 0.600. The molecular formula is C14H22BrN. The zero-order chi connectivity index (χ0) is 12.0. The largest absolute Gasteiger partial charge is 0.296 e. The number of benzene rings is 1. The fourth-order valence-electron chi connectivity index (χ4n) is 1.74. The molecule has 0 radical (unpaired) electrons. The third-order valence-electron chi connectivity index (χ3n) is 2.92. The van der Waals surface area contributed by atoms with E-state index in [1.807, 2.05) is 0 Å². The second kappa shape index (κ2) is 7.08. The van der Waals surface area contributed by atoms with Crippen LogP contribution in [-0.2, 0) is 13.0 Å². The number of rotatable bonds is 6. The zero-order valence-corrected chi connectivity index (χ0v) is 12.1. The van der Waals surface area contributed by atoms with Gasteiger partial charge in [0.15, 0.2) is 0 Å². The third kappa shape index (κ3) is 4.26. The minimum Gasteiger partial charge on any atom is -0.296 e.